The van der Waals surface area contributed by atoms with Gasteiger partial charge < -0.3 is 18.8 Å². The van der Waals surface area contributed by atoms with E-state index in [1.807, 2.05) is 13.8 Å². The lowest BCUT2D eigenvalue weighted by atomic mass is 10.1. The van der Waals surface area contributed by atoms with E-state index in [9.17, 15) is 22.8 Å². The van der Waals surface area contributed by atoms with E-state index in [2.05, 4.69) is 6.58 Å². The highest BCUT2D eigenvalue weighted by Crippen LogP contribution is 2.29. The normalized spacial score (nSPS) is 16.9. The highest BCUT2D eigenvalue weighted by Gasteiger charge is 2.33. The van der Waals surface area contributed by atoms with E-state index < -0.39 is 11.7 Å². The Balaban J connectivity index is 1.49. The van der Waals surface area contributed by atoms with Crippen molar-refractivity contribution in [2.75, 3.05) is 19.6 Å². The second kappa shape index (κ2) is 8.46. The Morgan fingerprint density at radius 1 is 1.12 bits per heavy atom. The lowest BCUT2D eigenvalue weighted by molar-refractivity contribution is -0.137. The van der Waals surface area contributed by atoms with Crippen molar-refractivity contribution in [2.45, 2.75) is 32.6 Å². The van der Waals surface area contributed by atoms with Gasteiger partial charge in [0.15, 0.2) is 0 Å². The summed E-state index contributed by atoms with van der Waals surface area (Å²) >= 11 is 0. The Hall–Kier alpha value is -3.49. The molecule has 3 aromatic rings. The van der Waals surface area contributed by atoms with Crippen LogP contribution in [-0.2, 0) is 12.7 Å². The van der Waals surface area contributed by atoms with Gasteiger partial charge in [0.25, 0.3) is 11.8 Å². The van der Waals surface area contributed by atoms with Crippen molar-refractivity contribution in [3.8, 4) is 0 Å². The van der Waals surface area contributed by atoms with Crippen molar-refractivity contribution in [1.29, 1.82) is 0 Å². The van der Waals surface area contributed by atoms with Gasteiger partial charge in [-0.05, 0) is 50.2 Å². The van der Waals surface area contributed by atoms with Crippen LogP contribution in [0.4, 0.5) is 13.2 Å². The van der Waals surface area contributed by atoms with Crippen LogP contribution in [0.2, 0.25) is 0 Å². The van der Waals surface area contributed by atoms with Gasteiger partial charge in [-0.3, -0.25) is 9.59 Å². The number of piperazine rings is 1. The molecule has 2 amide bonds. The molecule has 1 aromatic carbocycles. The number of halogens is 3. The van der Waals surface area contributed by atoms with Gasteiger partial charge in [-0.15, -0.1) is 0 Å². The number of amides is 2. The van der Waals surface area contributed by atoms with Crippen LogP contribution in [0.3, 0.4) is 0 Å². The molecule has 0 spiro atoms. The Morgan fingerprint density at radius 3 is 2.42 bits per heavy atom. The molecule has 1 aliphatic heterocycles. The van der Waals surface area contributed by atoms with Crippen molar-refractivity contribution in [3.63, 3.8) is 0 Å². The number of carbonyl (C=O) groups is 2. The average molecular weight is 459 g/mol. The van der Waals surface area contributed by atoms with Gasteiger partial charge in [0, 0.05) is 43.2 Å². The second-order valence-electron chi connectivity index (χ2n) is 8.43. The number of hydrogen-bond donors (Lipinski definition) is 0. The Bertz CT molecular complexity index is 1210. The summed E-state index contributed by atoms with van der Waals surface area (Å²) in [7, 11) is 0. The molecule has 0 aliphatic carbocycles. The number of furan rings is 1. The molecular formula is C24H24F3N3O3. The van der Waals surface area contributed by atoms with E-state index in [-0.39, 0.29) is 30.0 Å². The maximum absolute atomic E-state index is 13.3. The van der Waals surface area contributed by atoms with E-state index >= 15 is 0 Å². The monoisotopic (exact) mass is 459 g/mol. The van der Waals surface area contributed by atoms with Gasteiger partial charge in [-0.25, -0.2) is 0 Å². The number of hydrogen-bond acceptors (Lipinski definition) is 3. The molecule has 9 heteroatoms. The van der Waals surface area contributed by atoms with Crippen LogP contribution < -0.4 is 0 Å². The third kappa shape index (κ3) is 4.40. The van der Waals surface area contributed by atoms with Gasteiger partial charge in [-0.1, -0.05) is 12.2 Å². The first kappa shape index (κ1) is 22.7. The first-order chi connectivity index (χ1) is 15.6. The zero-order chi connectivity index (χ0) is 23.9. The molecule has 2 aromatic heterocycles. The molecule has 0 saturated carbocycles. The van der Waals surface area contributed by atoms with Crippen LogP contribution in [0.25, 0.3) is 11.1 Å². The molecule has 4 rings (SSSR count). The van der Waals surface area contributed by atoms with Crippen LogP contribution >= 0.6 is 0 Å². The molecule has 6 nitrogen and oxygen atoms in total. The molecule has 33 heavy (non-hydrogen) atoms. The highest BCUT2D eigenvalue weighted by atomic mass is 19.4. The molecule has 0 radical (unpaired) electrons. The predicted octanol–water partition coefficient (Wildman–Crippen LogP) is 4.82. The molecule has 1 fully saturated rings. The lowest BCUT2D eigenvalue weighted by Gasteiger charge is -2.40. The molecular weight excluding hydrogens is 435 g/mol. The summed E-state index contributed by atoms with van der Waals surface area (Å²) in [5, 5.41) is 0.823. The van der Waals surface area contributed by atoms with E-state index in [1.54, 1.807) is 32.8 Å². The zero-order valence-electron chi connectivity index (χ0n) is 18.4. The number of nitrogens with zero attached hydrogens (tertiary/aromatic N) is 3. The number of fused-ring (bicyclic) bond motifs is 1. The number of allylic oxidation sites excluding steroid dienone is 1. The number of benzene rings is 1. The second-order valence-corrected chi connectivity index (χ2v) is 8.43. The Kier molecular flexibility index (Phi) is 5.82. The maximum atomic E-state index is 13.3. The standard InChI is InChI=1S/C24H24F3N3O3/c1-15(2)13-30-20(12-18-8-11-33-23(18)30)22(32)28-9-10-29(16(3)14-28)21(31)17-4-6-19(7-5-17)24(25,26)27/h4-8,11-12,16H,1,9-10,13-14H2,2-3H3/t16-/m1/s1. The smallest absolute Gasteiger partial charge is 0.416 e. The summed E-state index contributed by atoms with van der Waals surface area (Å²) in [6.07, 6.45) is -2.88. The Labute approximate surface area is 188 Å². The van der Waals surface area contributed by atoms with E-state index in [1.165, 1.54) is 12.1 Å². The fraction of sp³-hybridized carbons (Fsp3) is 0.333. The lowest BCUT2D eigenvalue weighted by Crippen LogP contribution is -2.55. The molecule has 3 heterocycles. The summed E-state index contributed by atoms with van der Waals surface area (Å²) in [6.45, 7) is 8.97. The van der Waals surface area contributed by atoms with E-state index in [0.29, 0.717) is 31.0 Å². The first-order valence-electron chi connectivity index (χ1n) is 10.5. The number of carbonyl (C=O) groups excluding carboxylic acids is 2. The van der Waals surface area contributed by atoms with Crippen molar-refractivity contribution < 1.29 is 27.2 Å². The van der Waals surface area contributed by atoms with E-state index in [0.717, 1.165) is 23.1 Å². The van der Waals surface area contributed by atoms with Crippen LogP contribution in [0.15, 0.2) is 59.2 Å². The minimum atomic E-state index is -4.45. The van der Waals surface area contributed by atoms with Crippen LogP contribution in [0.5, 0.6) is 0 Å². The summed E-state index contributed by atoms with van der Waals surface area (Å²) in [5.74, 6) is -0.525. The van der Waals surface area contributed by atoms with Crippen LogP contribution in [-0.4, -0.2) is 51.9 Å². The summed E-state index contributed by atoms with van der Waals surface area (Å²) < 4.78 is 45.7. The van der Waals surface area contributed by atoms with Crippen molar-refractivity contribution in [3.05, 3.63) is 71.6 Å². The quantitative estimate of drug-likeness (QED) is 0.526. The molecule has 1 aliphatic rings. The average Bonchev–Trinajstić information content (AvgIpc) is 3.34. The molecule has 1 atom stereocenters. The number of aromatic nitrogens is 1. The largest absolute Gasteiger partial charge is 0.448 e. The fourth-order valence-corrected chi connectivity index (χ4v) is 4.15. The predicted molar refractivity (Wildman–Crippen MR) is 117 cm³/mol. The minimum absolute atomic E-state index is 0.170. The number of rotatable bonds is 4. The van der Waals surface area contributed by atoms with Crippen LogP contribution in [0, 0.1) is 0 Å². The van der Waals surface area contributed by atoms with Gasteiger partial charge in [0.1, 0.15) is 5.69 Å². The maximum Gasteiger partial charge on any atom is 0.416 e. The summed E-state index contributed by atoms with van der Waals surface area (Å²) in [6, 6.07) is 7.47. The molecule has 0 unspecified atom stereocenters. The van der Waals surface area contributed by atoms with Gasteiger partial charge in [0.2, 0.25) is 5.71 Å². The van der Waals surface area contributed by atoms with Crippen molar-refractivity contribution >= 4 is 22.9 Å². The minimum Gasteiger partial charge on any atom is -0.448 e. The van der Waals surface area contributed by atoms with Crippen molar-refractivity contribution in [2.24, 2.45) is 0 Å². The molecule has 174 valence electrons. The topological polar surface area (TPSA) is 58.7 Å². The zero-order valence-corrected chi connectivity index (χ0v) is 18.4. The number of alkyl halides is 3. The summed E-state index contributed by atoms with van der Waals surface area (Å²) in [5.41, 5.74) is 1.35. The Morgan fingerprint density at radius 2 is 1.82 bits per heavy atom. The van der Waals surface area contributed by atoms with Crippen LogP contribution in [0.1, 0.15) is 40.3 Å². The first-order valence-corrected chi connectivity index (χ1v) is 10.5. The van der Waals surface area contributed by atoms with Gasteiger partial charge >= 0.3 is 6.18 Å². The van der Waals surface area contributed by atoms with Gasteiger partial charge in [0.05, 0.1) is 11.8 Å². The SMILES string of the molecule is C=C(C)Cn1c(C(=O)N2CCN(C(=O)c3ccc(C(F)(F)F)cc3)[C@H](C)C2)cc2ccoc21. The molecule has 0 bridgehead atoms. The summed E-state index contributed by atoms with van der Waals surface area (Å²) in [4.78, 5) is 29.5. The molecule has 1 saturated heterocycles. The third-order valence-corrected chi connectivity index (χ3v) is 5.78. The molecule has 0 N–H and O–H groups in total. The van der Waals surface area contributed by atoms with Crippen molar-refractivity contribution in [1.82, 2.24) is 14.4 Å². The third-order valence-electron chi connectivity index (χ3n) is 5.78. The van der Waals surface area contributed by atoms with E-state index in [4.69, 9.17) is 4.42 Å². The van der Waals surface area contributed by atoms with Gasteiger partial charge in [-0.2, -0.15) is 13.2 Å². The highest BCUT2D eigenvalue weighted by molar-refractivity contribution is 5.98. The fourth-order valence-electron chi connectivity index (χ4n) is 4.15.